The van der Waals surface area contributed by atoms with Gasteiger partial charge in [0.25, 0.3) is 11.8 Å². The van der Waals surface area contributed by atoms with Crippen LogP contribution in [0.4, 0.5) is 5.69 Å². The predicted octanol–water partition coefficient (Wildman–Crippen LogP) is 2.93. The first kappa shape index (κ1) is 14.8. The molecule has 4 rings (SSSR count). The van der Waals surface area contributed by atoms with Gasteiger partial charge in [-0.1, -0.05) is 11.6 Å². The summed E-state index contributed by atoms with van der Waals surface area (Å²) in [5.41, 5.74) is 13.3. The van der Waals surface area contributed by atoms with Crippen LogP contribution in [0, 0.1) is 13.8 Å². The normalized spacial score (nSPS) is 19.0. The highest BCUT2D eigenvalue weighted by Crippen LogP contribution is 2.43. The quantitative estimate of drug-likeness (QED) is 0.705. The Morgan fingerprint density at radius 3 is 2.75 bits per heavy atom. The lowest BCUT2D eigenvalue weighted by Crippen LogP contribution is -2.15. The number of primary amides is 1. The largest absolute Gasteiger partial charge is 0.366 e. The molecule has 1 aliphatic carbocycles. The maximum Gasteiger partial charge on any atom is 0.256 e. The fraction of sp³-hybridized carbons (Fsp3) is 0.263. The summed E-state index contributed by atoms with van der Waals surface area (Å²) in [7, 11) is 0. The number of fused-ring (bicyclic) bond motifs is 2. The molecule has 0 atom stereocenters. The molecule has 2 heterocycles. The van der Waals surface area contributed by atoms with Gasteiger partial charge in [0.15, 0.2) is 0 Å². The molecule has 24 heavy (non-hydrogen) atoms. The number of anilines is 1. The zero-order valence-electron chi connectivity index (χ0n) is 13.7. The number of nitrogens with one attached hydrogen (secondary N) is 2. The molecule has 2 aliphatic rings. The highest BCUT2D eigenvalue weighted by molar-refractivity contribution is 6.37. The fourth-order valence-corrected chi connectivity index (χ4v) is 3.92. The molecule has 5 nitrogen and oxygen atoms in total. The lowest BCUT2D eigenvalue weighted by molar-refractivity contribution is -0.110. The van der Waals surface area contributed by atoms with Crippen LogP contribution < -0.4 is 11.1 Å². The van der Waals surface area contributed by atoms with Gasteiger partial charge in [-0.15, -0.1) is 0 Å². The van der Waals surface area contributed by atoms with Crippen molar-refractivity contribution in [2.45, 2.75) is 33.1 Å². The number of carbonyl (C=O) groups is 2. The lowest BCUT2D eigenvalue weighted by Gasteiger charge is -2.18. The molecule has 5 heteroatoms. The van der Waals surface area contributed by atoms with Gasteiger partial charge in [-0.05, 0) is 56.4 Å². The molecule has 2 aromatic rings. The van der Waals surface area contributed by atoms with E-state index in [1.54, 1.807) is 0 Å². The van der Waals surface area contributed by atoms with E-state index in [4.69, 9.17) is 5.73 Å². The first-order chi connectivity index (χ1) is 11.5. The van der Waals surface area contributed by atoms with Gasteiger partial charge in [0.2, 0.25) is 0 Å². The van der Waals surface area contributed by atoms with Crippen LogP contribution in [0.15, 0.2) is 18.2 Å². The Morgan fingerprint density at radius 2 is 2.00 bits per heavy atom. The van der Waals surface area contributed by atoms with Crippen molar-refractivity contribution in [3.05, 3.63) is 51.8 Å². The summed E-state index contributed by atoms with van der Waals surface area (Å²) >= 11 is 0. The fourth-order valence-electron chi connectivity index (χ4n) is 3.92. The highest BCUT2D eigenvalue weighted by atomic mass is 16.2. The summed E-state index contributed by atoms with van der Waals surface area (Å²) in [5, 5.41) is 2.94. The number of hydrogen-bond acceptors (Lipinski definition) is 2. The van der Waals surface area contributed by atoms with Gasteiger partial charge in [0, 0.05) is 22.6 Å². The predicted molar refractivity (Wildman–Crippen MR) is 93.6 cm³/mol. The third-order valence-electron chi connectivity index (χ3n) is 4.91. The second-order valence-electron chi connectivity index (χ2n) is 6.55. The van der Waals surface area contributed by atoms with E-state index in [1.165, 1.54) is 0 Å². The SMILES string of the molecule is Cc1ccc2c(c1)/C(=C1\CCCc3c1[nH]c(C)c3C(N)=O)C(=O)N2. The second-order valence-corrected chi connectivity index (χ2v) is 6.55. The minimum atomic E-state index is -0.414. The summed E-state index contributed by atoms with van der Waals surface area (Å²) < 4.78 is 0. The van der Waals surface area contributed by atoms with Crippen LogP contribution in [-0.4, -0.2) is 16.8 Å². The number of H-pyrrole nitrogens is 1. The molecule has 122 valence electrons. The number of rotatable bonds is 1. The Kier molecular flexibility index (Phi) is 3.13. The van der Waals surface area contributed by atoms with Crippen LogP contribution in [0.1, 0.15) is 51.3 Å². The molecule has 4 N–H and O–H groups in total. The smallest absolute Gasteiger partial charge is 0.256 e. The van der Waals surface area contributed by atoms with Gasteiger partial charge in [0.1, 0.15) is 0 Å². The Morgan fingerprint density at radius 1 is 1.21 bits per heavy atom. The second kappa shape index (κ2) is 5.09. The van der Waals surface area contributed by atoms with E-state index < -0.39 is 5.91 Å². The molecular formula is C19H19N3O2. The van der Waals surface area contributed by atoms with E-state index in [9.17, 15) is 9.59 Å². The number of allylic oxidation sites excluding steroid dienone is 1. The minimum absolute atomic E-state index is 0.0775. The molecule has 0 radical (unpaired) electrons. The van der Waals surface area contributed by atoms with Gasteiger partial charge < -0.3 is 16.0 Å². The average molecular weight is 321 g/mol. The van der Waals surface area contributed by atoms with E-state index in [2.05, 4.69) is 10.3 Å². The zero-order chi connectivity index (χ0) is 17.0. The van der Waals surface area contributed by atoms with E-state index >= 15 is 0 Å². The zero-order valence-corrected chi connectivity index (χ0v) is 13.7. The van der Waals surface area contributed by atoms with Crippen molar-refractivity contribution in [2.75, 3.05) is 5.32 Å². The number of amides is 2. The van der Waals surface area contributed by atoms with Crippen LogP contribution in [0.3, 0.4) is 0 Å². The molecule has 0 saturated carbocycles. The van der Waals surface area contributed by atoms with Crippen molar-refractivity contribution in [1.82, 2.24) is 4.98 Å². The summed E-state index contributed by atoms with van der Waals surface area (Å²) in [4.78, 5) is 27.7. The molecule has 2 amide bonds. The van der Waals surface area contributed by atoms with Gasteiger partial charge >= 0.3 is 0 Å². The van der Waals surface area contributed by atoms with Crippen molar-refractivity contribution < 1.29 is 9.59 Å². The number of aromatic amines is 1. The maximum absolute atomic E-state index is 12.6. The highest BCUT2D eigenvalue weighted by Gasteiger charge is 2.32. The Balaban J connectivity index is 1.99. The third kappa shape index (κ3) is 2.01. The first-order valence-corrected chi connectivity index (χ1v) is 8.14. The van der Waals surface area contributed by atoms with Crippen molar-refractivity contribution in [1.29, 1.82) is 0 Å². The Labute approximate surface area is 139 Å². The van der Waals surface area contributed by atoms with Gasteiger partial charge in [-0.3, -0.25) is 9.59 Å². The van der Waals surface area contributed by atoms with Crippen LogP contribution in [0.5, 0.6) is 0 Å². The van der Waals surface area contributed by atoms with Crippen molar-refractivity contribution >= 4 is 28.6 Å². The number of aryl methyl sites for hydroxylation is 2. The van der Waals surface area contributed by atoms with Crippen LogP contribution in [-0.2, 0) is 11.2 Å². The Bertz CT molecular complexity index is 934. The number of nitrogens with two attached hydrogens (primary N) is 1. The third-order valence-corrected chi connectivity index (χ3v) is 4.91. The van der Waals surface area contributed by atoms with Gasteiger partial charge in [-0.25, -0.2) is 0 Å². The number of hydrogen-bond donors (Lipinski definition) is 3. The summed E-state index contributed by atoms with van der Waals surface area (Å²) in [5.74, 6) is -0.491. The van der Waals surface area contributed by atoms with E-state index in [1.807, 2.05) is 32.0 Å². The van der Waals surface area contributed by atoms with Gasteiger partial charge in [0.05, 0.1) is 11.1 Å². The Hall–Kier alpha value is -2.82. The molecule has 0 fully saturated rings. The molecule has 1 aliphatic heterocycles. The molecule has 0 spiro atoms. The molecule has 1 aromatic heterocycles. The summed E-state index contributed by atoms with van der Waals surface area (Å²) in [6, 6.07) is 5.96. The van der Waals surface area contributed by atoms with Crippen LogP contribution in [0.2, 0.25) is 0 Å². The monoisotopic (exact) mass is 321 g/mol. The standard InChI is InChI=1S/C19H19N3O2/c1-9-6-7-14-13(8-9)16(19(24)22-14)12-5-3-4-11-15(18(20)23)10(2)21-17(11)12/h6-8,21H,3-5H2,1-2H3,(H2,20,23)(H,22,24)/b16-12-. The minimum Gasteiger partial charge on any atom is -0.366 e. The van der Waals surface area contributed by atoms with E-state index in [-0.39, 0.29) is 5.91 Å². The molecule has 0 unspecified atom stereocenters. The summed E-state index contributed by atoms with van der Waals surface area (Å²) in [6.07, 6.45) is 2.51. The number of aromatic nitrogens is 1. The van der Waals surface area contributed by atoms with Crippen molar-refractivity contribution in [3.8, 4) is 0 Å². The van der Waals surface area contributed by atoms with Crippen molar-refractivity contribution in [3.63, 3.8) is 0 Å². The molecular weight excluding hydrogens is 302 g/mol. The summed E-state index contributed by atoms with van der Waals surface area (Å²) in [6.45, 7) is 3.87. The topological polar surface area (TPSA) is 88.0 Å². The van der Waals surface area contributed by atoms with Crippen LogP contribution in [0.25, 0.3) is 11.1 Å². The average Bonchev–Trinajstić information content (AvgIpc) is 3.02. The number of carbonyl (C=O) groups excluding carboxylic acids is 2. The molecule has 1 aromatic carbocycles. The van der Waals surface area contributed by atoms with Gasteiger partial charge in [-0.2, -0.15) is 0 Å². The van der Waals surface area contributed by atoms with E-state index in [0.717, 1.165) is 58.6 Å². The lowest BCUT2D eigenvalue weighted by atomic mass is 9.86. The van der Waals surface area contributed by atoms with E-state index in [0.29, 0.717) is 11.1 Å². The first-order valence-electron chi connectivity index (χ1n) is 8.14. The molecule has 0 bridgehead atoms. The van der Waals surface area contributed by atoms with Crippen molar-refractivity contribution in [2.24, 2.45) is 5.73 Å². The van der Waals surface area contributed by atoms with Crippen LogP contribution >= 0.6 is 0 Å². The molecule has 0 saturated heterocycles. The number of benzene rings is 1. The maximum atomic E-state index is 12.6.